The van der Waals surface area contributed by atoms with Crippen LogP contribution < -0.4 is 0 Å². The number of ketones is 1. The Bertz CT molecular complexity index is 750. The van der Waals surface area contributed by atoms with Crippen LogP contribution in [0.25, 0.3) is 16.3 Å². The van der Waals surface area contributed by atoms with E-state index in [2.05, 4.69) is 37.3 Å². The van der Waals surface area contributed by atoms with Crippen molar-refractivity contribution in [3.05, 3.63) is 52.6 Å². The molecule has 0 N–H and O–H groups in total. The van der Waals surface area contributed by atoms with Crippen LogP contribution >= 0.6 is 0 Å². The molecule has 0 unspecified atom stereocenters. The predicted octanol–water partition coefficient (Wildman–Crippen LogP) is 4.21. The van der Waals surface area contributed by atoms with Crippen molar-refractivity contribution in [2.24, 2.45) is 0 Å². The van der Waals surface area contributed by atoms with Gasteiger partial charge in [-0.3, -0.25) is 4.79 Å². The molecule has 0 fully saturated rings. The largest absolute Gasteiger partial charge is 0.295 e. The lowest BCUT2D eigenvalue weighted by Gasteiger charge is -2.20. The highest BCUT2D eigenvalue weighted by Gasteiger charge is 2.29. The minimum Gasteiger partial charge on any atom is -0.295 e. The molecule has 0 atom stereocenters. The number of Topliss-reactive ketones (excluding diaryl/α,β-unsaturated/α-hetero) is 1. The highest BCUT2D eigenvalue weighted by molar-refractivity contribution is 6.09. The Morgan fingerprint density at radius 2 is 1.68 bits per heavy atom. The molecule has 0 spiro atoms. The number of hydrogen-bond donors (Lipinski definition) is 0. The number of aryl methyl sites for hydroxylation is 2. The highest BCUT2D eigenvalue weighted by atomic mass is 16.1. The maximum absolute atomic E-state index is 11.9. The van der Waals surface area contributed by atoms with Gasteiger partial charge in [0.2, 0.25) is 0 Å². The van der Waals surface area contributed by atoms with Crippen molar-refractivity contribution >= 4 is 22.1 Å². The molecule has 0 saturated heterocycles. The Hall–Kier alpha value is -1.89. The monoisotopic (exact) mass is 248 g/mol. The van der Waals surface area contributed by atoms with Gasteiger partial charge in [-0.2, -0.15) is 0 Å². The summed E-state index contributed by atoms with van der Waals surface area (Å²) in [5, 5.41) is 2.70. The molecule has 0 heterocycles. The van der Waals surface area contributed by atoms with Gasteiger partial charge in [0, 0.05) is 6.42 Å². The van der Waals surface area contributed by atoms with Crippen LogP contribution in [0.15, 0.2) is 35.9 Å². The summed E-state index contributed by atoms with van der Waals surface area (Å²) < 4.78 is 0. The molecule has 2 aliphatic rings. The number of fused-ring (bicyclic) bond motifs is 4. The molecule has 0 saturated carbocycles. The maximum atomic E-state index is 11.9. The van der Waals surface area contributed by atoms with Gasteiger partial charge in [-0.15, -0.1) is 0 Å². The lowest BCUT2D eigenvalue weighted by atomic mass is 9.84. The van der Waals surface area contributed by atoms with Crippen molar-refractivity contribution in [3.63, 3.8) is 0 Å². The fraction of sp³-hybridized carbons (Fsp3) is 0.278. The van der Waals surface area contributed by atoms with E-state index >= 15 is 0 Å². The van der Waals surface area contributed by atoms with Crippen molar-refractivity contribution in [1.29, 1.82) is 0 Å². The van der Waals surface area contributed by atoms with Crippen LogP contribution in [0, 0.1) is 6.92 Å². The number of allylic oxidation sites excluding steroid dienone is 2. The average Bonchev–Trinajstić information content (AvgIpc) is 2.80. The molecule has 1 nitrogen and oxygen atoms in total. The second-order valence-corrected chi connectivity index (χ2v) is 5.70. The molecule has 0 radical (unpaired) electrons. The number of hydrogen-bond acceptors (Lipinski definition) is 1. The smallest absolute Gasteiger partial charge is 0.159 e. The zero-order valence-electron chi connectivity index (χ0n) is 11.1. The summed E-state index contributed by atoms with van der Waals surface area (Å²) in [6, 6.07) is 11.1. The van der Waals surface area contributed by atoms with Crippen molar-refractivity contribution in [1.82, 2.24) is 0 Å². The van der Waals surface area contributed by atoms with Gasteiger partial charge >= 0.3 is 0 Å². The SMILES string of the molecule is Cc1ccc2ccc3c(c2c1)CCC1=C3CCC1=O. The maximum Gasteiger partial charge on any atom is 0.159 e. The second kappa shape index (κ2) is 3.80. The molecule has 4 rings (SSSR count). The van der Waals surface area contributed by atoms with E-state index < -0.39 is 0 Å². The van der Waals surface area contributed by atoms with Gasteiger partial charge in [0.15, 0.2) is 5.78 Å². The van der Waals surface area contributed by atoms with Gasteiger partial charge in [0.25, 0.3) is 0 Å². The van der Waals surface area contributed by atoms with Gasteiger partial charge in [0.1, 0.15) is 0 Å². The Morgan fingerprint density at radius 1 is 0.895 bits per heavy atom. The zero-order chi connectivity index (χ0) is 13.0. The van der Waals surface area contributed by atoms with Crippen LogP contribution in [0.5, 0.6) is 0 Å². The number of benzene rings is 2. The summed E-state index contributed by atoms with van der Waals surface area (Å²) in [4.78, 5) is 11.9. The molecule has 0 aliphatic heterocycles. The first-order chi connectivity index (χ1) is 9.24. The van der Waals surface area contributed by atoms with E-state index in [9.17, 15) is 4.79 Å². The predicted molar refractivity (Wildman–Crippen MR) is 78.2 cm³/mol. The number of carbonyl (C=O) groups is 1. The summed E-state index contributed by atoms with van der Waals surface area (Å²) in [6.45, 7) is 2.14. The summed E-state index contributed by atoms with van der Waals surface area (Å²) >= 11 is 0. The molecule has 19 heavy (non-hydrogen) atoms. The van der Waals surface area contributed by atoms with E-state index in [0.717, 1.165) is 31.3 Å². The van der Waals surface area contributed by atoms with Crippen LogP contribution in [-0.4, -0.2) is 5.78 Å². The fourth-order valence-electron chi connectivity index (χ4n) is 3.59. The van der Waals surface area contributed by atoms with Crippen LogP contribution in [0.3, 0.4) is 0 Å². The third-order valence-electron chi connectivity index (χ3n) is 4.54. The first-order valence-corrected chi connectivity index (χ1v) is 7.02. The van der Waals surface area contributed by atoms with Crippen molar-refractivity contribution < 1.29 is 4.79 Å². The lowest BCUT2D eigenvalue weighted by Crippen LogP contribution is -2.06. The summed E-state index contributed by atoms with van der Waals surface area (Å²) in [5.74, 6) is 0.380. The Kier molecular flexibility index (Phi) is 2.20. The van der Waals surface area contributed by atoms with Gasteiger partial charge < -0.3 is 0 Å². The standard InChI is InChI=1S/C18H16O/c1-11-2-3-12-4-5-13-14-8-9-18(19)16(14)7-6-15(13)17(12)10-11/h2-5,10H,6-9H2,1H3. The molecule has 2 aliphatic carbocycles. The molecule has 94 valence electrons. The van der Waals surface area contributed by atoms with Crippen molar-refractivity contribution in [2.45, 2.75) is 32.6 Å². The second-order valence-electron chi connectivity index (χ2n) is 5.70. The molecule has 0 aromatic heterocycles. The Balaban J connectivity index is 2.03. The first kappa shape index (κ1) is 11.0. The van der Waals surface area contributed by atoms with Gasteiger partial charge in [-0.1, -0.05) is 35.9 Å². The van der Waals surface area contributed by atoms with Gasteiger partial charge in [-0.25, -0.2) is 0 Å². The average molecular weight is 248 g/mol. The molecule has 2 aromatic rings. The van der Waals surface area contributed by atoms with Crippen molar-refractivity contribution in [2.75, 3.05) is 0 Å². The van der Waals surface area contributed by atoms with Crippen LogP contribution in [0.4, 0.5) is 0 Å². The topological polar surface area (TPSA) is 17.1 Å². The van der Waals surface area contributed by atoms with Gasteiger partial charge in [0.05, 0.1) is 0 Å². The molecule has 0 amide bonds. The van der Waals surface area contributed by atoms with E-state index in [-0.39, 0.29) is 0 Å². The van der Waals surface area contributed by atoms with E-state index in [1.807, 2.05) is 0 Å². The third-order valence-corrected chi connectivity index (χ3v) is 4.54. The molecule has 1 heteroatoms. The van der Waals surface area contributed by atoms with Crippen LogP contribution in [0.2, 0.25) is 0 Å². The van der Waals surface area contributed by atoms with E-state index in [4.69, 9.17) is 0 Å². The summed E-state index contributed by atoms with van der Waals surface area (Å²) in [5.41, 5.74) is 6.54. The van der Waals surface area contributed by atoms with E-state index in [1.54, 1.807) is 0 Å². The Labute approximate surface area is 112 Å². The van der Waals surface area contributed by atoms with E-state index in [1.165, 1.54) is 33.0 Å². The van der Waals surface area contributed by atoms with Crippen molar-refractivity contribution in [3.8, 4) is 0 Å². The van der Waals surface area contributed by atoms with E-state index in [0.29, 0.717) is 5.78 Å². The van der Waals surface area contributed by atoms with Crippen LogP contribution in [0.1, 0.15) is 36.0 Å². The Morgan fingerprint density at radius 3 is 2.58 bits per heavy atom. The quantitative estimate of drug-likeness (QED) is 0.682. The molecular formula is C18H16O. The highest BCUT2D eigenvalue weighted by Crippen LogP contribution is 2.42. The number of carbonyl (C=O) groups excluding carboxylic acids is 1. The summed E-state index contributed by atoms with van der Waals surface area (Å²) in [7, 11) is 0. The number of rotatable bonds is 0. The molecular weight excluding hydrogens is 232 g/mol. The fourth-order valence-corrected chi connectivity index (χ4v) is 3.59. The minimum absolute atomic E-state index is 0.380. The normalized spacial score (nSPS) is 17.8. The van der Waals surface area contributed by atoms with Crippen LogP contribution in [-0.2, 0) is 11.2 Å². The minimum atomic E-state index is 0.380. The summed E-state index contributed by atoms with van der Waals surface area (Å²) in [6.07, 6.45) is 3.61. The first-order valence-electron chi connectivity index (χ1n) is 7.02. The molecule has 0 bridgehead atoms. The zero-order valence-corrected chi connectivity index (χ0v) is 11.1. The van der Waals surface area contributed by atoms with Gasteiger partial charge in [-0.05, 0) is 59.2 Å². The third kappa shape index (κ3) is 1.51. The molecule has 2 aromatic carbocycles. The lowest BCUT2D eigenvalue weighted by molar-refractivity contribution is -0.115.